The van der Waals surface area contributed by atoms with Gasteiger partial charge < -0.3 is 29.6 Å². The summed E-state index contributed by atoms with van der Waals surface area (Å²) in [4.78, 5) is 8.78. The second-order valence-corrected chi connectivity index (χ2v) is 8.46. The van der Waals surface area contributed by atoms with E-state index in [0.29, 0.717) is 25.1 Å². The first-order valence-electron chi connectivity index (χ1n) is 10.9. The summed E-state index contributed by atoms with van der Waals surface area (Å²) in [7, 11) is 0. The molecule has 0 bridgehead atoms. The second kappa shape index (κ2) is 8.85. The van der Waals surface area contributed by atoms with Gasteiger partial charge in [-0.2, -0.15) is 4.98 Å². The van der Waals surface area contributed by atoms with Gasteiger partial charge in [0, 0.05) is 31.3 Å². The van der Waals surface area contributed by atoms with Gasteiger partial charge in [0.2, 0.25) is 0 Å². The van der Waals surface area contributed by atoms with Gasteiger partial charge in [0.05, 0.1) is 30.4 Å². The Hall–Kier alpha value is -2.82. The molecule has 0 radical (unpaired) electrons. The molecule has 3 heterocycles. The number of imidazole rings is 1. The predicted molar refractivity (Wildman–Crippen MR) is 115 cm³/mol. The molecule has 2 aromatic carbocycles. The standard InChI is InChI=1S/C23H24F3N3O4/c24-13-5-6-29(9-13)14-3-1-12(2-4-14)20-16(25)8-17-22(21(20)26)28-23(27-17)33-15-7-18(31)19(10-30)32-11-15/h1-4,8,13,15,18-19,30-31H,5-7,9-11H2,(H,27,28)/t13?,15-,18+,19-/m1/s1. The molecule has 0 spiro atoms. The fourth-order valence-electron chi connectivity index (χ4n) is 4.42. The van der Waals surface area contributed by atoms with Gasteiger partial charge in [0.1, 0.15) is 29.7 Å². The molecular weight excluding hydrogens is 439 g/mol. The van der Waals surface area contributed by atoms with Gasteiger partial charge in [-0.15, -0.1) is 0 Å². The number of alkyl halides is 1. The molecule has 3 aromatic rings. The first kappa shape index (κ1) is 22.0. The molecule has 5 rings (SSSR count). The van der Waals surface area contributed by atoms with E-state index in [1.807, 2.05) is 4.90 Å². The average Bonchev–Trinajstić information content (AvgIpc) is 3.40. The number of ether oxygens (including phenoxy) is 2. The van der Waals surface area contributed by atoms with E-state index in [0.717, 1.165) is 11.8 Å². The Bertz CT molecular complexity index is 1140. The zero-order chi connectivity index (χ0) is 23.1. The number of anilines is 1. The van der Waals surface area contributed by atoms with E-state index in [4.69, 9.17) is 14.6 Å². The molecule has 33 heavy (non-hydrogen) atoms. The summed E-state index contributed by atoms with van der Waals surface area (Å²) < 4.78 is 54.6. The van der Waals surface area contributed by atoms with Crippen LogP contribution < -0.4 is 9.64 Å². The summed E-state index contributed by atoms with van der Waals surface area (Å²) in [5.74, 6) is -1.58. The Morgan fingerprint density at radius 1 is 1.24 bits per heavy atom. The highest BCUT2D eigenvalue weighted by molar-refractivity contribution is 5.84. The number of nitrogens with one attached hydrogen (secondary N) is 1. The third-order valence-corrected chi connectivity index (χ3v) is 6.19. The van der Waals surface area contributed by atoms with E-state index in [9.17, 15) is 13.9 Å². The van der Waals surface area contributed by atoms with Crippen LogP contribution in [0.1, 0.15) is 12.8 Å². The van der Waals surface area contributed by atoms with Gasteiger partial charge in [-0.1, -0.05) is 12.1 Å². The van der Waals surface area contributed by atoms with E-state index in [2.05, 4.69) is 9.97 Å². The number of hydrogen-bond donors (Lipinski definition) is 3. The van der Waals surface area contributed by atoms with Crippen molar-refractivity contribution < 1.29 is 32.9 Å². The number of aliphatic hydroxyl groups excluding tert-OH is 2. The van der Waals surface area contributed by atoms with Crippen molar-refractivity contribution >= 4 is 16.7 Å². The molecule has 2 aliphatic rings. The van der Waals surface area contributed by atoms with Crippen molar-refractivity contribution in [2.24, 2.45) is 0 Å². The third-order valence-electron chi connectivity index (χ3n) is 6.19. The molecule has 1 unspecified atom stereocenters. The lowest BCUT2D eigenvalue weighted by atomic mass is 10.0. The third kappa shape index (κ3) is 4.25. The molecule has 2 fully saturated rings. The Balaban J connectivity index is 1.38. The number of halogens is 3. The van der Waals surface area contributed by atoms with E-state index in [1.54, 1.807) is 24.3 Å². The molecule has 3 N–H and O–H groups in total. The van der Waals surface area contributed by atoms with Crippen molar-refractivity contribution in [3.05, 3.63) is 42.0 Å². The zero-order valence-corrected chi connectivity index (χ0v) is 17.7. The Morgan fingerprint density at radius 2 is 2.03 bits per heavy atom. The van der Waals surface area contributed by atoms with Crippen molar-refractivity contribution in [3.63, 3.8) is 0 Å². The van der Waals surface area contributed by atoms with E-state index in [1.165, 1.54) is 0 Å². The summed E-state index contributed by atoms with van der Waals surface area (Å²) in [6, 6.07) is 7.80. The molecule has 0 saturated carbocycles. The van der Waals surface area contributed by atoms with Crippen molar-refractivity contribution in [2.75, 3.05) is 31.2 Å². The summed E-state index contributed by atoms with van der Waals surface area (Å²) in [5, 5.41) is 19.1. The van der Waals surface area contributed by atoms with Crippen LogP contribution in [-0.4, -0.2) is 71.0 Å². The van der Waals surface area contributed by atoms with Crippen LogP contribution in [0.3, 0.4) is 0 Å². The van der Waals surface area contributed by atoms with Crippen LogP contribution in [0, 0.1) is 11.6 Å². The smallest absolute Gasteiger partial charge is 0.295 e. The van der Waals surface area contributed by atoms with Crippen molar-refractivity contribution in [1.82, 2.24) is 9.97 Å². The molecule has 10 heteroatoms. The van der Waals surface area contributed by atoms with Gasteiger partial charge in [0.25, 0.3) is 6.01 Å². The quantitative estimate of drug-likeness (QED) is 0.539. The topological polar surface area (TPSA) is 90.8 Å². The summed E-state index contributed by atoms with van der Waals surface area (Å²) in [6.07, 6.45) is -2.32. The lowest BCUT2D eigenvalue weighted by molar-refractivity contribution is -0.131. The number of aromatic amines is 1. The van der Waals surface area contributed by atoms with Crippen LogP contribution in [-0.2, 0) is 4.74 Å². The van der Waals surface area contributed by atoms with Crippen LogP contribution >= 0.6 is 0 Å². The molecule has 1 aromatic heterocycles. The molecule has 2 saturated heterocycles. The fraction of sp³-hybridized carbons (Fsp3) is 0.435. The Labute approximate surface area is 187 Å². The zero-order valence-electron chi connectivity index (χ0n) is 17.7. The van der Waals surface area contributed by atoms with Crippen LogP contribution in [0.2, 0.25) is 0 Å². The molecular formula is C23H24F3N3O4. The first-order chi connectivity index (χ1) is 15.9. The summed E-state index contributed by atoms with van der Waals surface area (Å²) >= 11 is 0. The number of hydrogen-bond acceptors (Lipinski definition) is 6. The first-order valence-corrected chi connectivity index (χ1v) is 10.9. The highest BCUT2D eigenvalue weighted by atomic mass is 19.1. The van der Waals surface area contributed by atoms with Crippen molar-refractivity contribution in [2.45, 2.75) is 37.3 Å². The second-order valence-electron chi connectivity index (χ2n) is 8.46. The Morgan fingerprint density at radius 3 is 2.70 bits per heavy atom. The van der Waals surface area contributed by atoms with E-state index in [-0.39, 0.29) is 42.2 Å². The molecule has 176 valence electrons. The number of aromatic nitrogens is 2. The van der Waals surface area contributed by atoms with Gasteiger partial charge >= 0.3 is 0 Å². The van der Waals surface area contributed by atoms with Crippen LogP contribution in [0.15, 0.2) is 30.3 Å². The lowest BCUT2D eigenvalue weighted by Crippen LogP contribution is -2.45. The molecule has 7 nitrogen and oxygen atoms in total. The monoisotopic (exact) mass is 463 g/mol. The van der Waals surface area contributed by atoms with Crippen molar-refractivity contribution in [3.8, 4) is 17.1 Å². The molecule has 4 atom stereocenters. The summed E-state index contributed by atoms with van der Waals surface area (Å²) in [5.41, 5.74) is 0.999. The van der Waals surface area contributed by atoms with Crippen molar-refractivity contribution in [1.29, 1.82) is 0 Å². The maximum Gasteiger partial charge on any atom is 0.295 e. The number of nitrogens with zero attached hydrogens (tertiary/aromatic N) is 2. The highest BCUT2D eigenvalue weighted by Gasteiger charge is 2.31. The number of fused-ring (bicyclic) bond motifs is 1. The largest absolute Gasteiger partial charge is 0.459 e. The number of H-pyrrole nitrogens is 1. The average molecular weight is 463 g/mol. The minimum Gasteiger partial charge on any atom is -0.459 e. The minimum atomic E-state index is -0.904. The number of rotatable bonds is 5. The summed E-state index contributed by atoms with van der Waals surface area (Å²) in [6.45, 7) is 0.734. The molecule has 2 aliphatic heterocycles. The van der Waals surface area contributed by atoms with Crippen LogP contribution in [0.4, 0.5) is 18.9 Å². The number of benzene rings is 2. The normalized spacial score (nSPS) is 25.7. The molecule has 0 amide bonds. The van der Waals surface area contributed by atoms with Crippen LogP contribution in [0.5, 0.6) is 6.01 Å². The van der Waals surface area contributed by atoms with Crippen LogP contribution in [0.25, 0.3) is 22.2 Å². The maximum atomic E-state index is 15.3. The maximum absolute atomic E-state index is 15.3. The highest BCUT2D eigenvalue weighted by Crippen LogP contribution is 2.34. The van der Waals surface area contributed by atoms with E-state index < -0.39 is 36.1 Å². The van der Waals surface area contributed by atoms with Gasteiger partial charge in [0.15, 0.2) is 5.82 Å². The molecule has 0 aliphatic carbocycles. The fourth-order valence-corrected chi connectivity index (χ4v) is 4.42. The predicted octanol–water partition coefficient (Wildman–Crippen LogP) is 2.95. The number of aliphatic hydroxyl groups is 2. The van der Waals surface area contributed by atoms with Gasteiger partial charge in [-0.05, 0) is 24.1 Å². The van der Waals surface area contributed by atoms with Gasteiger partial charge in [-0.25, -0.2) is 13.2 Å². The lowest BCUT2D eigenvalue weighted by Gasteiger charge is -2.31. The Kier molecular flexibility index (Phi) is 5.90. The SMILES string of the molecule is OC[C@H]1OC[C@H](Oc2nc3c(F)c(-c4ccc(N5CCC(F)C5)cc4)c(F)cc3[nH]2)C[C@@H]1O. The van der Waals surface area contributed by atoms with E-state index >= 15 is 4.39 Å². The minimum absolute atomic E-state index is 0.0196. The van der Waals surface area contributed by atoms with Gasteiger partial charge in [-0.3, -0.25) is 0 Å².